The summed E-state index contributed by atoms with van der Waals surface area (Å²) in [7, 11) is 2.61. The molecule has 2 rings (SSSR count). The number of hydrogen-bond donors (Lipinski definition) is 0. The van der Waals surface area contributed by atoms with Crippen LogP contribution in [0.15, 0.2) is 36.5 Å². The molecule has 1 aromatic carbocycles. The molecule has 0 unspecified atom stereocenters. The van der Waals surface area contributed by atoms with Crippen LogP contribution in [-0.4, -0.2) is 32.0 Å². The molecule has 0 fully saturated rings. The smallest absolute Gasteiger partial charge is 0.361 e. The number of aromatic nitrogens is 1. The molecular formula is C18H17ClF6N2O2. The molecule has 0 atom stereocenters. The first-order chi connectivity index (χ1) is 13.5. The first kappa shape index (κ1) is 23.2. The first-order valence-corrected chi connectivity index (χ1v) is 8.53. The van der Waals surface area contributed by atoms with Crippen molar-refractivity contribution in [1.29, 1.82) is 0 Å². The van der Waals surface area contributed by atoms with Crippen LogP contribution in [0, 0.1) is 0 Å². The van der Waals surface area contributed by atoms with Crippen LogP contribution < -0.4 is 4.90 Å². The Morgan fingerprint density at radius 1 is 1.00 bits per heavy atom. The van der Waals surface area contributed by atoms with Crippen LogP contribution in [0.1, 0.15) is 16.8 Å². The lowest BCUT2D eigenvalue weighted by atomic mass is 10.1. The molecule has 0 aliphatic heterocycles. The summed E-state index contributed by atoms with van der Waals surface area (Å²) in [6, 6.07) is 6.01. The summed E-state index contributed by atoms with van der Waals surface area (Å²) in [6.07, 6.45) is -9.60. The van der Waals surface area contributed by atoms with Gasteiger partial charge in [-0.3, -0.25) is 4.98 Å². The minimum Gasteiger partial charge on any atom is -0.361 e. The zero-order chi connectivity index (χ0) is 21.8. The fourth-order valence-corrected chi connectivity index (χ4v) is 2.90. The maximum Gasteiger partial charge on any atom is 0.417 e. The van der Waals surface area contributed by atoms with Crippen LogP contribution in [0.25, 0.3) is 0 Å². The van der Waals surface area contributed by atoms with Crippen molar-refractivity contribution in [3.05, 3.63) is 58.4 Å². The van der Waals surface area contributed by atoms with Crippen molar-refractivity contribution in [3.8, 4) is 0 Å². The molecule has 0 spiro atoms. The number of halogens is 7. The lowest BCUT2D eigenvalue weighted by molar-refractivity contribution is -0.142. The topological polar surface area (TPSA) is 34.6 Å². The molecule has 0 bridgehead atoms. The molecule has 29 heavy (non-hydrogen) atoms. The summed E-state index contributed by atoms with van der Waals surface area (Å²) in [6.45, 7) is -0.236. The maximum atomic E-state index is 13.4. The normalized spacial score (nSPS) is 12.5. The molecule has 0 N–H and O–H groups in total. The van der Waals surface area contributed by atoms with Gasteiger partial charge in [-0.2, -0.15) is 26.3 Å². The summed E-state index contributed by atoms with van der Waals surface area (Å²) >= 11 is 5.45. The molecule has 4 nitrogen and oxygen atoms in total. The summed E-state index contributed by atoms with van der Waals surface area (Å²) in [5, 5.41) is -1.40. The van der Waals surface area contributed by atoms with Gasteiger partial charge < -0.3 is 14.4 Å². The predicted molar refractivity (Wildman–Crippen MR) is 94.5 cm³/mol. The van der Waals surface area contributed by atoms with Gasteiger partial charge in [0.25, 0.3) is 0 Å². The molecule has 1 aromatic heterocycles. The van der Waals surface area contributed by atoms with E-state index < -0.39 is 34.8 Å². The third-order valence-electron chi connectivity index (χ3n) is 4.01. The summed E-state index contributed by atoms with van der Waals surface area (Å²) < 4.78 is 90.2. The summed E-state index contributed by atoms with van der Waals surface area (Å²) in [5.41, 5.74) is -3.09. The number of anilines is 1. The fourth-order valence-electron chi connectivity index (χ4n) is 2.58. The average molecular weight is 443 g/mol. The number of nitrogens with zero attached hydrogens (tertiary/aromatic N) is 2. The van der Waals surface area contributed by atoms with Gasteiger partial charge in [-0.1, -0.05) is 17.7 Å². The summed E-state index contributed by atoms with van der Waals surface area (Å²) in [4.78, 5) is 5.32. The number of alkyl halides is 6. The molecule has 0 aliphatic rings. The fraction of sp³-hybridized carbons (Fsp3) is 0.389. The Balaban J connectivity index is 2.61. The van der Waals surface area contributed by atoms with Crippen LogP contribution in [0.2, 0.25) is 5.02 Å². The van der Waals surface area contributed by atoms with Gasteiger partial charge in [0.15, 0.2) is 6.29 Å². The molecule has 160 valence electrons. The van der Waals surface area contributed by atoms with Gasteiger partial charge in [-0.15, -0.1) is 0 Å². The summed E-state index contributed by atoms with van der Waals surface area (Å²) in [5.74, 6) is 0. The number of benzene rings is 1. The second-order valence-corrected chi connectivity index (χ2v) is 6.33. The van der Waals surface area contributed by atoms with E-state index >= 15 is 0 Å². The van der Waals surface area contributed by atoms with Crippen molar-refractivity contribution in [1.82, 2.24) is 4.98 Å². The molecule has 11 heteroatoms. The number of methoxy groups -OCH3 is 2. The number of pyridine rings is 1. The standard InChI is InChI=1S/C18H17ClF6N2O2/c1-28-15(29-2)10-27(9-11-5-3-4-6-26-11)12-7-13(17(20,21)22)16(19)14(8-12)18(23,24)25/h3-8,15H,9-10H2,1-2H3. The van der Waals surface area contributed by atoms with E-state index in [2.05, 4.69) is 4.98 Å². The Labute approximate surface area is 168 Å². The number of ether oxygens (including phenoxy) is 2. The van der Waals surface area contributed by atoms with Gasteiger partial charge in [0.1, 0.15) is 0 Å². The largest absolute Gasteiger partial charge is 0.417 e. The molecule has 0 amide bonds. The minimum absolute atomic E-state index is 0.0830. The Bertz CT molecular complexity index is 775. The van der Waals surface area contributed by atoms with E-state index in [-0.39, 0.29) is 18.8 Å². The van der Waals surface area contributed by atoms with Crippen LogP contribution in [0.5, 0.6) is 0 Å². The SMILES string of the molecule is COC(CN(Cc1ccccn1)c1cc(C(F)(F)F)c(Cl)c(C(F)(F)F)c1)OC. The van der Waals surface area contributed by atoms with Gasteiger partial charge in [-0.05, 0) is 24.3 Å². The lowest BCUT2D eigenvalue weighted by Gasteiger charge is -2.29. The Hall–Kier alpha value is -2.04. The quantitative estimate of drug-likeness (QED) is 0.425. The highest BCUT2D eigenvalue weighted by molar-refractivity contribution is 6.32. The highest BCUT2D eigenvalue weighted by Crippen LogP contribution is 2.44. The molecule has 1 heterocycles. The van der Waals surface area contributed by atoms with Crippen molar-refractivity contribution in [2.24, 2.45) is 0 Å². The lowest BCUT2D eigenvalue weighted by Crippen LogP contribution is -2.35. The first-order valence-electron chi connectivity index (χ1n) is 8.15. The van der Waals surface area contributed by atoms with E-state index in [1.807, 2.05) is 0 Å². The van der Waals surface area contributed by atoms with Gasteiger partial charge >= 0.3 is 12.4 Å². The van der Waals surface area contributed by atoms with Crippen molar-refractivity contribution in [2.75, 3.05) is 25.7 Å². The number of hydrogen-bond acceptors (Lipinski definition) is 4. The monoisotopic (exact) mass is 442 g/mol. The van der Waals surface area contributed by atoms with Gasteiger partial charge in [0.05, 0.1) is 34.9 Å². The van der Waals surface area contributed by atoms with Crippen molar-refractivity contribution < 1.29 is 35.8 Å². The zero-order valence-electron chi connectivity index (χ0n) is 15.3. The molecule has 0 saturated heterocycles. The zero-order valence-corrected chi connectivity index (χ0v) is 16.1. The molecule has 2 aromatic rings. The van der Waals surface area contributed by atoms with E-state index in [0.29, 0.717) is 17.8 Å². The number of rotatable bonds is 7. The predicted octanol–water partition coefficient (Wildman–Crippen LogP) is 5.40. The van der Waals surface area contributed by atoms with E-state index in [1.54, 1.807) is 18.2 Å². The van der Waals surface area contributed by atoms with Crippen LogP contribution in [0.3, 0.4) is 0 Å². The highest BCUT2D eigenvalue weighted by atomic mass is 35.5. The minimum atomic E-state index is -5.08. The van der Waals surface area contributed by atoms with E-state index in [1.165, 1.54) is 25.3 Å². The third kappa shape index (κ3) is 5.97. The Kier molecular flexibility index (Phi) is 7.36. The van der Waals surface area contributed by atoms with Gasteiger partial charge in [-0.25, -0.2) is 0 Å². The van der Waals surface area contributed by atoms with Crippen LogP contribution in [0.4, 0.5) is 32.0 Å². The van der Waals surface area contributed by atoms with Crippen molar-refractivity contribution in [2.45, 2.75) is 25.2 Å². The van der Waals surface area contributed by atoms with Gasteiger partial charge in [0, 0.05) is 26.1 Å². The van der Waals surface area contributed by atoms with Crippen molar-refractivity contribution in [3.63, 3.8) is 0 Å². The van der Waals surface area contributed by atoms with E-state index in [4.69, 9.17) is 21.1 Å². The second kappa shape index (κ2) is 9.19. The molecule has 0 radical (unpaired) electrons. The third-order valence-corrected chi connectivity index (χ3v) is 4.41. The Morgan fingerprint density at radius 3 is 1.97 bits per heavy atom. The molecular weight excluding hydrogens is 426 g/mol. The average Bonchev–Trinajstić information content (AvgIpc) is 2.64. The highest BCUT2D eigenvalue weighted by Gasteiger charge is 2.41. The van der Waals surface area contributed by atoms with E-state index in [9.17, 15) is 26.3 Å². The Morgan fingerprint density at radius 2 is 1.55 bits per heavy atom. The van der Waals surface area contributed by atoms with Crippen LogP contribution >= 0.6 is 11.6 Å². The van der Waals surface area contributed by atoms with Gasteiger partial charge in [0.2, 0.25) is 0 Å². The second-order valence-electron chi connectivity index (χ2n) is 5.95. The maximum absolute atomic E-state index is 13.4. The van der Waals surface area contributed by atoms with Crippen molar-refractivity contribution >= 4 is 17.3 Å². The van der Waals surface area contributed by atoms with E-state index in [0.717, 1.165) is 0 Å². The molecule has 0 aliphatic carbocycles. The molecule has 0 saturated carbocycles. The van der Waals surface area contributed by atoms with Crippen LogP contribution in [-0.2, 0) is 28.4 Å².